The highest BCUT2D eigenvalue weighted by atomic mass is 19.1. The van der Waals surface area contributed by atoms with Gasteiger partial charge in [0.15, 0.2) is 0 Å². The number of benzene rings is 1. The molecule has 2 N–H and O–H groups in total. The molecular weight excluding hydrogens is 281 g/mol. The smallest absolute Gasteiger partial charge is 0.229 e. The van der Waals surface area contributed by atoms with Crippen molar-refractivity contribution in [3.63, 3.8) is 0 Å². The highest BCUT2D eigenvalue weighted by Crippen LogP contribution is 2.15. The van der Waals surface area contributed by atoms with Crippen molar-refractivity contribution in [1.29, 1.82) is 0 Å². The van der Waals surface area contributed by atoms with E-state index in [9.17, 15) is 9.18 Å². The number of hydrogen-bond acceptors (Lipinski definition) is 3. The lowest BCUT2D eigenvalue weighted by Gasteiger charge is -2.21. The Morgan fingerprint density at radius 1 is 1.23 bits per heavy atom. The van der Waals surface area contributed by atoms with Crippen molar-refractivity contribution < 1.29 is 9.18 Å². The molecule has 1 heterocycles. The van der Waals surface area contributed by atoms with E-state index < -0.39 is 0 Å². The third-order valence-corrected chi connectivity index (χ3v) is 2.80. The summed E-state index contributed by atoms with van der Waals surface area (Å²) < 4.78 is 13.1. The van der Waals surface area contributed by atoms with Crippen LogP contribution in [-0.4, -0.2) is 16.4 Å². The Morgan fingerprint density at radius 2 is 2.00 bits per heavy atom. The molecule has 0 saturated heterocycles. The average molecular weight is 301 g/mol. The quantitative estimate of drug-likeness (QED) is 0.907. The van der Waals surface area contributed by atoms with E-state index >= 15 is 0 Å². The number of halogens is 1. The molecule has 0 saturated carbocycles. The van der Waals surface area contributed by atoms with Crippen LogP contribution in [0.5, 0.6) is 0 Å². The zero-order valence-corrected chi connectivity index (χ0v) is 13.0. The van der Waals surface area contributed by atoms with Gasteiger partial charge in [-0.25, -0.2) is 9.37 Å². The number of pyridine rings is 1. The molecule has 0 aliphatic carbocycles. The minimum atomic E-state index is -0.346. The molecule has 1 aromatic carbocycles. The van der Waals surface area contributed by atoms with E-state index in [-0.39, 0.29) is 23.7 Å². The number of aromatic nitrogens is 1. The fourth-order valence-electron chi connectivity index (χ4n) is 1.99. The first-order valence-corrected chi connectivity index (χ1v) is 7.10. The summed E-state index contributed by atoms with van der Waals surface area (Å²) in [6.07, 6.45) is 1.78. The van der Waals surface area contributed by atoms with Gasteiger partial charge in [-0.05, 0) is 50.6 Å². The van der Waals surface area contributed by atoms with E-state index in [0.29, 0.717) is 11.4 Å². The minimum absolute atomic E-state index is 0.0518. The summed E-state index contributed by atoms with van der Waals surface area (Å²) in [6.45, 7) is 6.17. The molecule has 0 unspecified atom stereocenters. The molecule has 0 atom stereocenters. The molecule has 1 amide bonds. The standard InChI is InChI=1S/C17H20FN3O/c1-17(2,3)21-14-7-8-15(19-11-14)20-16(22)10-12-5-4-6-13(18)9-12/h4-9,11,21H,10H2,1-3H3,(H,19,20,22). The Morgan fingerprint density at radius 3 is 2.59 bits per heavy atom. The maximum atomic E-state index is 13.1. The number of amides is 1. The van der Waals surface area contributed by atoms with Crippen molar-refractivity contribution in [1.82, 2.24) is 4.98 Å². The fourth-order valence-corrected chi connectivity index (χ4v) is 1.99. The predicted molar refractivity (Wildman–Crippen MR) is 86.3 cm³/mol. The monoisotopic (exact) mass is 301 g/mol. The van der Waals surface area contributed by atoms with Crippen LogP contribution in [0.15, 0.2) is 42.6 Å². The topological polar surface area (TPSA) is 54.0 Å². The number of carbonyl (C=O) groups excluding carboxylic acids is 1. The molecule has 116 valence electrons. The summed E-state index contributed by atoms with van der Waals surface area (Å²) in [5.74, 6) is -0.100. The third kappa shape index (κ3) is 5.16. The fraction of sp³-hybridized carbons (Fsp3) is 0.294. The van der Waals surface area contributed by atoms with Gasteiger partial charge in [-0.3, -0.25) is 4.79 Å². The van der Waals surface area contributed by atoms with E-state index in [1.54, 1.807) is 24.4 Å². The zero-order valence-electron chi connectivity index (χ0n) is 13.0. The second-order valence-corrected chi connectivity index (χ2v) is 6.16. The van der Waals surface area contributed by atoms with Gasteiger partial charge in [0.25, 0.3) is 0 Å². The molecule has 0 aliphatic heterocycles. The summed E-state index contributed by atoms with van der Waals surface area (Å²) in [4.78, 5) is 16.1. The summed E-state index contributed by atoms with van der Waals surface area (Å²) in [6, 6.07) is 9.59. The molecule has 0 spiro atoms. The molecule has 0 radical (unpaired) electrons. The average Bonchev–Trinajstić information content (AvgIpc) is 2.39. The Balaban J connectivity index is 1.94. The number of rotatable bonds is 4. The third-order valence-electron chi connectivity index (χ3n) is 2.80. The van der Waals surface area contributed by atoms with Crippen LogP contribution in [0.2, 0.25) is 0 Å². The maximum absolute atomic E-state index is 13.1. The molecule has 0 fully saturated rings. The van der Waals surface area contributed by atoms with Crippen LogP contribution < -0.4 is 10.6 Å². The van der Waals surface area contributed by atoms with Gasteiger partial charge in [-0.15, -0.1) is 0 Å². The Bertz CT molecular complexity index is 648. The molecular formula is C17H20FN3O. The number of carbonyl (C=O) groups is 1. The van der Waals surface area contributed by atoms with Crippen molar-refractivity contribution in [2.45, 2.75) is 32.7 Å². The molecule has 22 heavy (non-hydrogen) atoms. The van der Waals surface area contributed by atoms with Crippen molar-refractivity contribution >= 4 is 17.4 Å². The van der Waals surface area contributed by atoms with Crippen molar-refractivity contribution in [2.24, 2.45) is 0 Å². The summed E-state index contributed by atoms with van der Waals surface area (Å²) in [5, 5.41) is 5.99. The van der Waals surface area contributed by atoms with Gasteiger partial charge in [0.05, 0.1) is 18.3 Å². The van der Waals surface area contributed by atoms with E-state index in [0.717, 1.165) is 5.69 Å². The van der Waals surface area contributed by atoms with E-state index in [4.69, 9.17) is 0 Å². The summed E-state index contributed by atoms with van der Waals surface area (Å²) in [7, 11) is 0. The predicted octanol–water partition coefficient (Wildman–Crippen LogP) is 3.61. The lowest BCUT2D eigenvalue weighted by atomic mass is 10.1. The van der Waals surface area contributed by atoms with Gasteiger partial charge in [0.1, 0.15) is 11.6 Å². The van der Waals surface area contributed by atoms with E-state index in [1.807, 2.05) is 6.07 Å². The zero-order chi connectivity index (χ0) is 16.2. The van der Waals surface area contributed by atoms with Crippen LogP contribution in [0.1, 0.15) is 26.3 Å². The van der Waals surface area contributed by atoms with E-state index in [1.165, 1.54) is 12.1 Å². The largest absolute Gasteiger partial charge is 0.379 e. The van der Waals surface area contributed by atoms with Crippen molar-refractivity contribution in [3.8, 4) is 0 Å². The normalized spacial score (nSPS) is 11.1. The molecule has 4 nitrogen and oxygen atoms in total. The number of anilines is 2. The van der Waals surface area contributed by atoms with Gasteiger partial charge in [0, 0.05) is 5.54 Å². The molecule has 0 bridgehead atoms. The summed E-state index contributed by atoms with van der Waals surface area (Å²) >= 11 is 0. The second-order valence-electron chi connectivity index (χ2n) is 6.16. The van der Waals surface area contributed by atoms with Gasteiger partial charge >= 0.3 is 0 Å². The first-order valence-electron chi connectivity index (χ1n) is 7.10. The van der Waals surface area contributed by atoms with Gasteiger partial charge < -0.3 is 10.6 Å². The molecule has 5 heteroatoms. The first kappa shape index (κ1) is 15.9. The van der Waals surface area contributed by atoms with Crippen LogP contribution in [-0.2, 0) is 11.2 Å². The molecule has 2 rings (SSSR count). The first-order chi connectivity index (χ1) is 10.3. The second kappa shape index (κ2) is 6.56. The van der Waals surface area contributed by atoms with Crippen molar-refractivity contribution in [3.05, 3.63) is 54.0 Å². The van der Waals surface area contributed by atoms with E-state index in [2.05, 4.69) is 36.4 Å². The lowest BCUT2D eigenvalue weighted by molar-refractivity contribution is -0.115. The Hall–Kier alpha value is -2.43. The number of hydrogen-bond donors (Lipinski definition) is 2. The van der Waals surface area contributed by atoms with Crippen LogP contribution in [0, 0.1) is 5.82 Å². The van der Waals surface area contributed by atoms with Crippen LogP contribution in [0.3, 0.4) is 0 Å². The van der Waals surface area contributed by atoms with Crippen LogP contribution in [0.25, 0.3) is 0 Å². The lowest BCUT2D eigenvalue weighted by Crippen LogP contribution is -2.26. The van der Waals surface area contributed by atoms with Crippen molar-refractivity contribution in [2.75, 3.05) is 10.6 Å². The molecule has 1 aromatic heterocycles. The van der Waals surface area contributed by atoms with Gasteiger partial charge in [-0.2, -0.15) is 0 Å². The molecule has 2 aromatic rings. The number of nitrogens with one attached hydrogen (secondary N) is 2. The SMILES string of the molecule is CC(C)(C)Nc1ccc(NC(=O)Cc2cccc(F)c2)nc1. The Kier molecular flexibility index (Phi) is 4.75. The maximum Gasteiger partial charge on any atom is 0.229 e. The highest BCUT2D eigenvalue weighted by molar-refractivity contribution is 5.91. The Labute approximate surface area is 129 Å². The number of nitrogens with zero attached hydrogens (tertiary/aromatic N) is 1. The van der Waals surface area contributed by atoms with Crippen LogP contribution >= 0.6 is 0 Å². The van der Waals surface area contributed by atoms with Gasteiger partial charge in [-0.1, -0.05) is 12.1 Å². The molecule has 0 aliphatic rings. The van der Waals surface area contributed by atoms with Gasteiger partial charge in [0.2, 0.25) is 5.91 Å². The van der Waals surface area contributed by atoms with Crippen LogP contribution in [0.4, 0.5) is 15.9 Å². The summed E-state index contributed by atoms with van der Waals surface area (Å²) in [5.41, 5.74) is 1.46. The minimum Gasteiger partial charge on any atom is -0.379 e. The highest BCUT2D eigenvalue weighted by Gasteiger charge is 2.10.